The summed E-state index contributed by atoms with van der Waals surface area (Å²) in [5.41, 5.74) is 6.68. The zero-order chi connectivity index (χ0) is 24.6. The summed E-state index contributed by atoms with van der Waals surface area (Å²) in [4.78, 5) is 2.65. The van der Waals surface area contributed by atoms with Crippen molar-refractivity contribution in [3.8, 4) is 5.75 Å². The first-order valence-electron chi connectivity index (χ1n) is 13.1. The van der Waals surface area contributed by atoms with Gasteiger partial charge in [0.1, 0.15) is 5.75 Å². The molecule has 35 heavy (non-hydrogen) atoms. The van der Waals surface area contributed by atoms with Gasteiger partial charge in [0, 0.05) is 12.6 Å². The average Bonchev–Trinajstić information content (AvgIpc) is 3.74. The molecular formula is C32H39NO2. The highest BCUT2D eigenvalue weighted by Crippen LogP contribution is 2.38. The summed E-state index contributed by atoms with van der Waals surface area (Å²) in [5.74, 6) is 0.788. The molecule has 0 unspecified atom stereocenters. The van der Waals surface area contributed by atoms with Crippen LogP contribution < -0.4 is 0 Å². The van der Waals surface area contributed by atoms with E-state index in [1.165, 1.54) is 49.9 Å². The number of aliphatic hydroxyl groups is 1. The number of likely N-dealkylation sites (tertiary alicyclic amines) is 1. The molecule has 0 spiro atoms. The molecule has 0 aromatic heterocycles. The molecule has 2 aliphatic rings. The second-order valence-electron chi connectivity index (χ2n) is 9.79. The third-order valence-corrected chi connectivity index (χ3v) is 7.34. The van der Waals surface area contributed by atoms with Crippen LogP contribution in [0.2, 0.25) is 0 Å². The minimum absolute atomic E-state index is 0.140. The Morgan fingerprint density at radius 3 is 2.31 bits per heavy atom. The standard InChI is InChI=1S/C32H39NO2/c1-3-25(15-14-24(2)26-18-20-33(21-19-26)29-16-17-29)32(28-11-7-12-30(35)23-28)31(13-8-22-34)27-9-5-4-6-10-27/h3-7,9-12,14-15,23,26,29,34-35H,2,8,13,16-22H2,1H3/b15-14-,25-3+,32-31+. The lowest BCUT2D eigenvalue weighted by Gasteiger charge is -2.32. The zero-order valence-corrected chi connectivity index (χ0v) is 21.0. The average molecular weight is 470 g/mol. The fraction of sp³-hybridized carbons (Fsp3) is 0.375. The summed E-state index contributed by atoms with van der Waals surface area (Å²) < 4.78 is 0. The highest BCUT2D eigenvalue weighted by atomic mass is 16.3. The summed E-state index contributed by atoms with van der Waals surface area (Å²) in [6, 6.07) is 18.7. The Labute approximate surface area is 210 Å². The third-order valence-electron chi connectivity index (χ3n) is 7.34. The number of rotatable bonds is 10. The third kappa shape index (κ3) is 6.62. The van der Waals surface area contributed by atoms with E-state index < -0.39 is 0 Å². The van der Waals surface area contributed by atoms with E-state index in [9.17, 15) is 10.2 Å². The smallest absolute Gasteiger partial charge is 0.116 e. The van der Waals surface area contributed by atoms with Gasteiger partial charge in [-0.15, -0.1) is 0 Å². The lowest BCUT2D eigenvalue weighted by molar-refractivity contribution is 0.192. The van der Waals surface area contributed by atoms with Crippen LogP contribution in [0.1, 0.15) is 56.6 Å². The van der Waals surface area contributed by atoms with Gasteiger partial charge >= 0.3 is 0 Å². The lowest BCUT2D eigenvalue weighted by atomic mass is 9.85. The largest absolute Gasteiger partial charge is 0.508 e. The maximum Gasteiger partial charge on any atom is 0.116 e. The molecule has 1 saturated carbocycles. The number of allylic oxidation sites excluding steroid dienone is 7. The van der Waals surface area contributed by atoms with Crippen LogP contribution in [0.4, 0.5) is 0 Å². The first-order valence-corrected chi connectivity index (χ1v) is 13.1. The quantitative estimate of drug-likeness (QED) is 0.291. The van der Waals surface area contributed by atoms with Gasteiger partial charge in [-0.2, -0.15) is 0 Å². The first kappa shape index (κ1) is 25.2. The number of hydrogen-bond acceptors (Lipinski definition) is 3. The van der Waals surface area contributed by atoms with Crippen molar-refractivity contribution in [3.63, 3.8) is 0 Å². The van der Waals surface area contributed by atoms with Crippen molar-refractivity contribution in [1.82, 2.24) is 4.90 Å². The van der Waals surface area contributed by atoms with Crippen LogP contribution in [0.25, 0.3) is 11.1 Å². The van der Waals surface area contributed by atoms with Crippen LogP contribution in [-0.4, -0.2) is 40.9 Å². The summed E-state index contributed by atoms with van der Waals surface area (Å²) in [6.45, 7) is 9.02. The van der Waals surface area contributed by atoms with E-state index in [4.69, 9.17) is 0 Å². The lowest BCUT2D eigenvalue weighted by Crippen LogP contribution is -2.35. The van der Waals surface area contributed by atoms with Crippen molar-refractivity contribution < 1.29 is 10.2 Å². The maximum atomic E-state index is 10.3. The maximum absolute atomic E-state index is 10.3. The summed E-state index contributed by atoms with van der Waals surface area (Å²) in [5, 5.41) is 19.9. The van der Waals surface area contributed by atoms with E-state index in [2.05, 4.69) is 67.0 Å². The van der Waals surface area contributed by atoms with Gasteiger partial charge in [-0.05, 0) is 104 Å². The van der Waals surface area contributed by atoms with Crippen LogP contribution >= 0.6 is 0 Å². The predicted octanol–water partition coefficient (Wildman–Crippen LogP) is 7.01. The molecule has 184 valence electrons. The molecule has 3 nitrogen and oxygen atoms in total. The number of aromatic hydroxyl groups is 1. The van der Waals surface area contributed by atoms with Crippen molar-refractivity contribution in [1.29, 1.82) is 0 Å². The Kier molecular flexibility index (Phi) is 8.79. The number of hydrogen-bond donors (Lipinski definition) is 2. The van der Waals surface area contributed by atoms with Gasteiger partial charge in [0.15, 0.2) is 0 Å². The molecule has 0 bridgehead atoms. The zero-order valence-electron chi connectivity index (χ0n) is 21.0. The molecule has 2 fully saturated rings. The van der Waals surface area contributed by atoms with E-state index in [0.717, 1.165) is 34.7 Å². The number of aliphatic hydroxyl groups excluding tert-OH is 1. The van der Waals surface area contributed by atoms with Gasteiger partial charge in [-0.25, -0.2) is 0 Å². The van der Waals surface area contributed by atoms with Gasteiger partial charge in [-0.1, -0.05) is 72.8 Å². The number of phenolic OH excluding ortho intramolecular Hbond substituents is 1. The van der Waals surface area contributed by atoms with E-state index in [1.54, 1.807) is 6.07 Å². The van der Waals surface area contributed by atoms with Crippen LogP contribution in [0, 0.1) is 5.92 Å². The number of piperidine rings is 1. The van der Waals surface area contributed by atoms with Crippen molar-refractivity contribution >= 4 is 11.1 Å². The molecule has 1 saturated heterocycles. The molecule has 1 aliphatic carbocycles. The fourth-order valence-corrected chi connectivity index (χ4v) is 5.22. The van der Waals surface area contributed by atoms with E-state index in [-0.39, 0.29) is 12.4 Å². The van der Waals surface area contributed by atoms with Crippen LogP contribution in [0.3, 0.4) is 0 Å². The van der Waals surface area contributed by atoms with Crippen molar-refractivity contribution in [3.05, 3.63) is 102 Å². The summed E-state index contributed by atoms with van der Waals surface area (Å²) >= 11 is 0. The van der Waals surface area contributed by atoms with Crippen LogP contribution in [0.15, 0.2) is 90.6 Å². The molecule has 4 rings (SSSR count). The molecule has 1 aliphatic heterocycles. The Bertz CT molecular complexity index is 1080. The molecule has 0 radical (unpaired) electrons. The Morgan fingerprint density at radius 1 is 0.971 bits per heavy atom. The monoisotopic (exact) mass is 469 g/mol. The second kappa shape index (κ2) is 12.2. The molecule has 3 heteroatoms. The highest BCUT2D eigenvalue weighted by Gasteiger charge is 2.32. The second-order valence-corrected chi connectivity index (χ2v) is 9.79. The topological polar surface area (TPSA) is 43.7 Å². The van der Waals surface area contributed by atoms with Gasteiger partial charge in [0.05, 0.1) is 0 Å². The Morgan fingerprint density at radius 2 is 1.69 bits per heavy atom. The minimum atomic E-state index is 0.140. The van der Waals surface area contributed by atoms with E-state index in [0.29, 0.717) is 12.3 Å². The molecule has 1 heterocycles. The van der Waals surface area contributed by atoms with Crippen molar-refractivity contribution in [2.75, 3.05) is 19.7 Å². The van der Waals surface area contributed by atoms with Gasteiger partial charge in [-0.3, -0.25) is 0 Å². The van der Waals surface area contributed by atoms with Crippen molar-refractivity contribution in [2.45, 2.75) is 51.5 Å². The predicted molar refractivity (Wildman–Crippen MR) is 147 cm³/mol. The van der Waals surface area contributed by atoms with Gasteiger partial charge in [0.25, 0.3) is 0 Å². The molecule has 2 aromatic carbocycles. The van der Waals surface area contributed by atoms with Gasteiger partial charge in [0.2, 0.25) is 0 Å². The Balaban J connectivity index is 1.66. The molecule has 2 N–H and O–H groups in total. The summed E-state index contributed by atoms with van der Waals surface area (Å²) in [7, 11) is 0. The molecule has 0 atom stereocenters. The number of nitrogens with zero attached hydrogens (tertiary/aromatic N) is 1. The molecule has 0 amide bonds. The fourth-order valence-electron chi connectivity index (χ4n) is 5.22. The minimum Gasteiger partial charge on any atom is -0.508 e. The first-order chi connectivity index (χ1) is 17.1. The van der Waals surface area contributed by atoms with Crippen LogP contribution in [0.5, 0.6) is 5.75 Å². The molecular weight excluding hydrogens is 430 g/mol. The van der Waals surface area contributed by atoms with Gasteiger partial charge < -0.3 is 15.1 Å². The highest BCUT2D eigenvalue weighted by molar-refractivity contribution is 5.99. The van der Waals surface area contributed by atoms with Crippen LogP contribution in [-0.2, 0) is 0 Å². The normalized spacial score (nSPS) is 18.6. The SMILES string of the molecule is C=C(\C=C/C(=C\C)C(=C(/CCCO)c1ccccc1)/c1cccc(O)c1)C1CCN(C2CC2)CC1. The van der Waals surface area contributed by atoms with Crippen molar-refractivity contribution in [2.24, 2.45) is 5.92 Å². The molecule has 2 aromatic rings. The number of phenols is 1. The Hall–Kier alpha value is -2.88. The summed E-state index contributed by atoms with van der Waals surface area (Å²) in [6.07, 6.45) is 13.1. The number of benzene rings is 2. The van der Waals surface area contributed by atoms with E-state index in [1.807, 2.05) is 18.2 Å². The van der Waals surface area contributed by atoms with E-state index >= 15 is 0 Å².